The fourth-order valence-electron chi connectivity index (χ4n) is 2.45. The van der Waals surface area contributed by atoms with Crippen molar-refractivity contribution in [3.8, 4) is 0 Å². The summed E-state index contributed by atoms with van der Waals surface area (Å²) >= 11 is 11.9. The Morgan fingerprint density at radius 3 is 1.64 bits per heavy atom. The third kappa shape index (κ3) is 5.52. The van der Waals surface area contributed by atoms with Crippen LogP contribution in [0.2, 0.25) is 10.0 Å². The first-order valence-corrected chi connectivity index (χ1v) is 9.14. The van der Waals surface area contributed by atoms with E-state index in [0.717, 1.165) is 11.1 Å². The SMILES string of the molecule is O=C(NCc1cccc(Cl)c1)c1cc(C(=O)NCc2cccc(Cl)c2)ncn1. The Bertz CT molecular complexity index is 934. The second-order valence-corrected chi connectivity index (χ2v) is 6.79. The van der Waals surface area contributed by atoms with Crippen molar-refractivity contribution in [1.29, 1.82) is 0 Å². The molecule has 0 spiro atoms. The lowest BCUT2D eigenvalue weighted by atomic mass is 10.2. The smallest absolute Gasteiger partial charge is 0.270 e. The van der Waals surface area contributed by atoms with Gasteiger partial charge in [0.1, 0.15) is 17.7 Å². The summed E-state index contributed by atoms with van der Waals surface area (Å²) in [6.07, 6.45) is 1.18. The van der Waals surface area contributed by atoms with Crippen molar-refractivity contribution in [1.82, 2.24) is 20.6 Å². The molecule has 3 aromatic rings. The van der Waals surface area contributed by atoms with Gasteiger partial charge in [-0.25, -0.2) is 9.97 Å². The van der Waals surface area contributed by atoms with Crippen molar-refractivity contribution < 1.29 is 9.59 Å². The van der Waals surface area contributed by atoms with Crippen molar-refractivity contribution in [3.05, 3.63) is 93.5 Å². The number of nitrogens with one attached hydrogen (secondary N) is 2. The van der Waals surface area contributed by atoms with Crippen molar-refractivity contribution in [3.63, 3.8) is 0 Å². The predicted molar refractivity (Wildman–Crippen MR) is 107 cm³/mol. The lowest BCUT2D eigenvalue weighted by molar-refractivity contribution is 0.0944. The molecule has 0 aliphatic heterocycles. The number of carbonyl (C=O) groups excluding carboxylic acids is 2. The number of rotatable bonds is 6. The molecule has 2 amide bonds. The number of benzene rings is 2. The highest BCUT2D eigenvalue weighted by Gasteiger charge is 2.13. The Balaban J connectivity index is 1.60. The Kier molecular flexibility index (Phi) is 6.57. The van der Waals surface area contributed by atoms with Gasteiger partial charge in [0.15, 0.2) is 0 Å². The molecule has 142 valence electrons. The third-order valence-electron chi connectivity index (χ3n) is 3.82. The first-order chi connectivity index (χ1) is 13.5. The molecule has 0 atom stereocenters. The van der Waals surface area contributed by atoms with E-state index >= 15 is 0 Å². The van der Waals surface area contributed by atoms with Crippen LogP contribution in [0.3, 0.4) is 0 Å². The Hall–Kier alpha value is -2.96. The summed E-state index contributed by atoms with van der Waals surface area (Å²) < 4.78 is 0. The number of amides is 2. The summed E-state index contributed by atoms with van der Waals surface area (Å²) in [5.41, 5.74) is 1.92. The highest BCUT2D eigenvalue weighted by atomic mass is 35.5. The molecule has 0 radical (unpaired) electrons. The van der Waals surface area contributed by atoms with Crippen LogP contribution in [-0.4, -0.2) is 21.8 Å². The topological polar surface area (TPSA) is 84.0 Å². The average molecular weight is 415 g/mol. The van der Waals surface area contributed by atoms with Gasteiger partial charge in [0.25, 0.3) is 11.8 Å². The molecule has 0 saturated carbocycles. The monoisotopic (exact) mass is 414 g/mol. The largest absolute Gasteiger partial charge is 0.347 e. The normalized spacial score (nSPS) is 10.4. The maximum absolute atomic E-state index is 12.3. The van der Waals surface area contributed by atoms with Gasteiger partial charge in [-0.15, -0.1) is 0 Å². The number of carbonyl (C=O) groups is 2. The highest BCUT2D eigenvalue weighted by molar-refractivity contribution is 6.30. The quantitative estimate of drug-likeness (QED) is 0.644. The van der Waals surface area contributed by atoms with Gasteiger partial charge in [-0.3, -0.25) is 9.59 Å². The average Bonchev–Trinajstić information content (AvgIpc) is 2.70. The molecule has 6 nitrogen and oxygen atoms in total. The van der Waals surface area contributed by atoms with Crippen LogP contribution in [0.5, 0.6) is 0 Å². The van der Waals surface area contributed by atoms with Crippen molar-refractivity contribution in [2.24, 2.45) is 0 Å². The van der Waals surface area contributed by atoms with Gasteiger partial charge in [-0.05, 0) is 35.4 Å². The van der Waals surface area contributed by atoms with Gasteiger partial charge >= 0.3 is 0 Å². The molecule has 1 aromatic heterocycles. The molecule has 0 fully saturated rings. The Morgan fingerprint density at radius 2 is 1.21 bits per heavy atom. The van der Waals surface area contributed by atoms with Crippen LogP contribution >= 0.6 is 23.2 Å². The van der Waals surface area contributed by atoms with Gasteiger partial charge in [0.2, 0.25) is 0 Å². The summed E-state index contributed by atoms with van der Waals surface area (Å²) in [6, 6.07) is 15.7. The fourth-order valence-corrected chi connectivity index (χ4v) is 2.87. The Morgan fingerprint density at radius 1 is 0.750 bits per heavy atom. The molecule has 1 heterocycles. The van der Waals surface area contributed by atoms with Crippen molar-refractivity contribution in [2.45, 2.75) is 13.1 Å². The molecule has 3 rings (SSSR count). The van der Waals surface area contributed by atoms with E-state index in [1.807, 2.05) is 12.1 Å². The van der Waals surface area contributed by atoms with E-state index in [4.69, 9.17) is 23.2 Å². The van der Waals surface area contributed by atoms with E-state index in [-0.39, 0.29) is 11.4 Å². The Labute approximate surface area is 171 Å². The maximum atomic E-state index is 12.3. The zero-order valence-corrected chi connectivity index (χ0v) is 16.2. The van der Waals surface area contributed by atoms with Crippen molar-refractivity contribution >= 4 is 35.0 Å². The molecule has 8 heteroatoms. The van der Waals surface area contributed by atoms with Crippen LogP contribution < -0.4 is 10.6 Å². The van der Waals surface area contributed by atoms with E-state index in [0.29, 0.717) is 23.1 Å². The zero-order valence-electron chi connectivity index (χ0n) is 14.7. The molecule has 0 saturated heterocycles. The number of hydrogen-bond acceptors (Lipinski definition) is 4. The maximum Gasteiger partial charge on any atom is 0.270 e. The number of hydrogen-bond donors (Lipinski definition) is 2. The van der Waals surface area contributed by atoms with Gasteiger partial charge in [-0.2, -0.15) is 0 Å². The molecular formula is C20H16Cl2N4O2. The minimum atomic E-state index is -0.411. The van der Waals surface area contributed by atoms with Crippen LogP contribution in [0.4, 0.5) is 0 Å². The van der Waals surface area contributed by atoms with Crippen LogP contribution in [0.25, 0.3) is 0 Å². The standard InChI is InChI=1S/C20H16Cl2N4O2/c21-15-5-1-3-13(7-15)10-23-19(27)17-9-18(26-12-25-17)20(28)24-11-14-4-2-6-16(22)8-14/h1-9,12H,10-11H2,(H,23,27)(H,24,28). The van der Waals surface area contributed by atoms with E-state index in [1.54, 1.807) is 36.4 Å². The molecule has 2 aromatic carbocycles. The molecular weight excluding hydrogens is 399 g/mol. The van der Waals surface area contributed by atoms with Gasteiger partial charge < -0.3 is 10.6 Å². The third-order valence-corrected chi connectivity index (χ3v) is 4.29. The van der Waals surface area contributed by atoms with Crippen molar-refractivity contribution in [2.75, 3.05) is 0 Å². The molecule has 0 bridgehead atoms. The summed E-state index contributed by atoms with van der Waals surface area (Å²) in [6.45, 7) is 0.583. The van der Waals surface area contributed by atoms with Gasteiger partial charge in [0.05, 0.1) is 0 Å². The van der Waals surface area contributed by atoms with E-state index in [2.05, 4.69) is 20.6 Å². The molecule has 0 aliphatic rings. The molecule has 28 heavy (non-hydrogen) atoms. The first-order valence-electron chi connectivity index (χ1n) is 8.38. The second kappa shape index (κ2) is 9.30. The summed E-state index contributed by atoms with van der Waals surface area (Å²) in [5, 5.41) is 6.66. The van der Waals surface area contributed by atoms with E-state index in [1.165, 1.54) is 12.4 Å². The number of aromatic nitrogens is 2. The molecule has 0 unspecified atom stereocenters. The minimum Gasteiger partial charge on any atom is -0.347 e. The molecule has 0 aliphatic carbocycles. The van der Waals surface area contributed by atoms with Crippen LogP contribution in [0.15, 0.2) is 60.9 Å². The summed E-state index contributed by atoms with van der Waals surface area (Å²) in [7, 11) is 0. The highest BCUT2D eigenvalue weighted by Crippen LogP contribution is 2.11. The number of halogens is 2. The van der Waals surface area contributed by atoms with Crippen LogP contribution in [0, 0.1) is 0 Å². The predicted octanol–water partition coefficient (Wildman–Crippen LogP) is 3.64. The lowest BCUT2D eigenvalue weighted by Crippen LogP contribution is -2.27. The minimum absolute atomic E-state index is 0.102. The summed E-state index contributed by atoms with van der Waals surface area (Å²) in [4.78, 5) is 32.5. The fraction of sp³-hybridized carbons (Fsp3) is 0.100. The van der Waals surface area contributed by atoms with E-state index < -0.39 is 11.8 Å². The molecule has 2 N–H and O–H groups in total. The summed E-state index contributed by atoms with van der Waals surface area (Å²) in [5.74, 6) is -0.822. The van der Waals surface area contributed by atoms with Crippen LogP contribution in [-0.2, 0) is 13.1 Å². The van der Waals surface area contributed by atoms with Crippen LogP contribution in [0.1, 0.15) is 32.1 Å². The zero-order chi connectivity index (χ0) is 19.9. The van der Waals surface area contributed by atoms with E-state index in [9.17, 15) is 9.59 Å². The van der Waals surface area contributed by atoms with Gasteiger partial charge in [0, 0.05) is 29.2 Å². The van der Waals surface area contributed by atoms with Gasteiger partial charge in [-0.1, -0.05) is 47.5 Å². The first kappa shape index (κ1) is 19.8. The second-order valence-electron chi connectivity index (χ2n) is 5.91. The number of nitrogens with zero attached hydrogens (tertiary/aromatic N) is 2. The lowest BCUT2D eigenvalue weighted by Gasteiger charge is -2.07.